The van der Waals surface area contributed by atoms with Crippen LogP contribution in [0.4, 0.5) is 5.13 Å². The summed E-state index contributed by atoms with van der Waals surface area (Å²) in [5.74, 6) is 1.10. The summed E-state index contributed by atoms with van der Waals surface area (Å²) < 4.78 is 4.21. The number of aromatic nitrogens is 2. The van der Waals surface area contributed by atoms with Gasteiger partial charge in [-0.25, -0.2) is 4.98 Å². The average Bonchev–Trinajstić information content (AvgIpc) is 3.09. The second kappa shape index (κ2) is 5.42. The molecule has 0 spiro atoms. The van der Waals surface area contributed by atoms with Crippen molar-refractivity contribution >= 4 is 22.6 Å². The zero-order chi connectivity index (χ0) is 13.2. The van der Waals surface area contributed by atoms with Crippen molar-refractivity contribution in [1.82, 2.24) is 19.6 Å². The molecule has 0 saturated carbocycles. The summed E-state index contributed by atoms with van der Waals surface area (Å²) in [6, 6.07) is 0.0512. The van der Waals surface area contributed by atoms with Gasteiger partial charge in [-0.3, -0.25) is 4.79 Å². The molecule has 2 aliphatic heterocycles. The molecule has 19 heavy (non-hydrogen) atoms. The van der Waals surface area contributed by atoms with Gasteiger partial charge in [0.1, 0.15) is 5.82 Å². The van der Waals surface area contributed by atoms with Gasteiger partial charge in [0.2, 0.25) is 11.0 Å². The number of nitrogens with zero attached hydrogens (tertiary/aromatic N) is 4. The predicted octanol–water partition coefficient (Wildman–Crippen LogP) is 0.247. The average molecular weight is 281 g/mol. The monoisotopic (exact) mass is 281 g/mol. The first-order chi connectivity index (χ1) is 9.24. The highest BCUT2D eigenvalue weighted by Crippen LogP contribution is 2.19. The van der Waals surface area contributed by atoms with E-state index in [0.717, 1.165) is 56.5 Å². The highest BCUT2D eigenvalue weighted by Gasteiger charge is 2.29. The molecule has 3 heterocycles. The van der Waals surface area contributed by atoms with Gasteiger partial charge in [0, 0.05) is 37.7 Å². The lowest BCUT2D eigenvalue weighted by Crippen LogP contribution is -2.53. The van der Waals surface area contributed by atoms with Crippen molar-refractivity contribution < 1.29 is 4.79 Å². The Morgan fingerprint density at radius 3 is 2.74 bits per heavy atom. The van der Waals surface area contributed by atoms with Gasteiger partial charge in [-0.15, -0.1) is 0 Å². The van der Waals surface area contributed by atoms with Crippen LogP contribution in [0.5, 0.6) is 0 Å². The number of anilines is 1. The lowest BCUT2D eigenvalue weighted by Gasteiger charge is -2.35. The highest BCUT2D eigenvalue weighted by molar-refractivity contribution is 7.09. The molecular formula is C12H19N5OS. The Hall–Kier alpha value is -1.21. The van der Waals surface area contributed by atoms with E-state index in [2.05, 4.69) is 19.6 Å². The van der Waals surface area contributed by atoms with Gasteiger partial charge in [0.25, 0.3) is 0 Å². The minimum atomic E-state index is 0.0512. The topological polar surface area (TPSA) is 61.4 Å². The van der Waals surface area contributed by atoms with Crippen LogP contribution in [0.3, 0.4) is 0 Å². The summed E-state index contributed by atoms with van der Waals surface area (Å²) in [5.41, 5.74) is 0. The van der Waals surface area contributed by atoms with Crippen LogP contribution in [0.2, 0.25) is 0 Å². The Kier molecular flexibility index (Phi) is 3.65. The predicted molar refractivity (Wildman–Crippen MR) is 74.5 cm³/mol. The number of aryl methyl sites for hydroxylation is 1. The van der Waals surface area contributed by atoms with Crippen molar-refractivity contribution in [3.05, 3.63) is 5.82 Å². The maximum atomic E-state index is 12.3. The van der Waals surface area contributed by atoms with Crippen molar-refractivity contribution in [1.29, 1.82) is 0 Å². The third-order valence-corrected chi connectivity index (χ3v) is 4.61. The van der Waals surface area contributed by atoms with Gasteiger partial charge < -0.3 is 15.1 Å². The van der Waals surface area contributed by atoms with Gasteiger partial charge in [0.15, 0.2) is 0 Å². The van der Waals surface area contributed by atoms with E-state index >= 15 is 0 Å². The van der Waals surface area contributed by atoms with E-state index in [1.807, 2.05) is 11.8 Å². The van der Waals surface area contributed by atoms with Crippen LogP contribution in [0.15, 0.2) is 0 Å². The van der Waals surface area contributed by atoms with Crippen molar-refractivity contribution in [3.63, 3.8) is 0 Å². The number of hydrogen-bond acceptors (Lipinski definition) is 6. The van der Waals surface area contributed by atoms with E-state index in [0.29, 0.717) is 0 Å². The maximum absolute atomic E-state index is 12.3. The van der Waals surface area contributed by atoms with Crippen LogP contribution < -0.4 is 10.2 Å². The summed E-state index contributed by atoms with van der Waals surface area (Å²) in [5, 5.41) is 4.25. The van der Waals surface area contributed by atoms with Crippen molar-refractivity contribution in [2.45, 2.75) is 25.8 Å². The van der Waals surface area contributed by atoms with Crippen LogP contribution in [0, 0.1) is 6.92 Å². The third kappa shape index (κ3) is 2.71. The summed E-state index contributed by atoms with van der Waals surface area (Å²) in [4.78, 5) is 20.9. The first kappa shape index (κ1) is 12.8. The second-order valence-electron chi connectivity index (χ2n) is 5.09. The van der Waals surface area contributed by atoms with Gasteiger partial charge in [-0.05, 0) is 26.3 Å². The number of amides is 1. The number of piperazine rings is 1. The smallest absolute Gasteiger partial charge is 0.239 e. The Bertz CT molecular complexity index is 449. The maximum Gasteiger partial charge on any atom is 0.239 e. The molecule has 2 aliphatic rings. The van der Waals surface area contributed by atoms with E-state index in [4.69, 9.17) is 0 Å². The van der Waals surface area contributed by atoms with Crippen LogP contribution in [0.25, 0.3) is 0 Å². The van der Waals surface area contributed by atoms with E-state index < -0.39 is 0 Å². The third-order valence-electron chi connectivity index (χ3n) is 3.74. The molecule has 2 saturated heterocycles. The number of rotatable bonds is 2. The lowest BCUT2D eigenvalue weighted by atomic mass is 10.2. The van der Waals surface area contributed by atoms with Crippen molar-refractivity contribution in [2.24, 2.45) is 0 Å². The molecule has 1 N–H and O–H groups in total. The number of carbonyl (C=O) groups is 1. The van der Waals surface area contributed by atoms with E-state index in [1.54, 1.807) is 0 Å². The Morgan fingerprint density at radius 2 is 2.16 bits per heavy atom. The standard InChI is InChI=1S/C12H19N5OS/c1-9-14-12(19-15-9)17-7-5-16(6-8-17)11(18)10-3-2-4-13-10/h10,13H,2-8H2,1H3. The SMILES string of the molecule is Cc1nsc(N2CCN(C(=O)C3CCCN3)CC2)n1. The van der Waals surface area contributed by atoms with Gasteiger partial charge in [-0.1, -0.05) is 0 Å². The molecule has 6 nitrogen and oxygen atoms in total. The van der Waals surface area contributed by atoms with Crippen LogP contribution >= 0.6 is 11.5 Å². The first-order valence-corrected chi connectivity index (χ1v) is 7.59. The molecule has 104 valence electrons. The largest absolute Gasteiger partial charge is 0.343 e. The molecule has 7 heteroatoms. The van der Waals surface area contributed by atoms with E-state index in [9.17, 15) is 4.79 Å². The second-order valence-corrected chi connectivity index (χ2v) is 5.82. The van der Waals surface area contributed by atoms with Crippen molar-refractivity contribution in [2.75, 3.05) is 37.6 Å². The zero-order valence-electron chi connectivity index (χ0n) is 11.1. The molecule has 1 aromatic rings. The molecular weight excluding hydrogens is 262 g/mol. The highest BCUT2D eigenvalue weighted by atomic mass is 32.1. The Morgan fingerprint density at radius 1 is 1.37 bits per heavy atom. The minimum absolute atomic E-state index is 0.0512. The van der Waals surface area contributed by atoms with Gasteiger partial charge >= 0.3 is 0 Å². The molecule has 2 fully saturated rings. The van der Waals surface area contributed by atoms with E-state index in [1.165, 1.54) is 11.5 Å². The molecule has 1 aromatic heterocycles. The normalized spacial score (nSPS) is 23.9. The van der Waals surface area contributed by atoms with E-state index in [-0.39, 0.29) is 11.9 Å². The molecule has 0 aromatic carbocycles. The van der Waals surface area contributed by atoms with Crippen LogP contribution in [-0.4, -0.2) is 58.9 Å². The van der Waals surface area contributed by atoms with Crippen LogP contribution in [-0.2, 0) is 4.79 Å². The van der Waals surface area contributed by atoms with Gasteiger partial charge in [0.05, 0.1) is 6.04 Å². The quantitative estimate of drug-likeness (QED) is 0.842. The molecule has 0 bridgehead atoms. The molecule has 1 unspecified atom stereocenters. The summed E-state index contributed by atoms with van der Waals surface area (Å²) >= 11 is 1.44. The fraction of sp³-hybridized carbons (Fsp3) is 0.750. The minimum Gasteiger partial charge on any atom is -0.343 e. The molecule has 0 aliphatic carbocycles. The Labute approximate surface area is 117 Å². The number of carbonyl (C=O) groups excluding carboxylic acids is 1. The fourth-order valence-electron chi connectivity index (χ4n) is 2.65. The molecule has 1 atom stereocenters. The van der Waals surface area contributed by atoms with Crippen LogP contribution in [0.1, 0.15) is 18.7 Å². The van der Waals surface area contributed by atoms with Crippen molar-refractivity contribution in [3.8, 4) is 0 Å². The molecule has 1 amide bonds. The zero-order valence-corrected chi connectivity index (χ0v) is 11.9. The summed E-state index contributed by atoms with van der Waals surface area (Å²) in [6.45, 7) is 6.16. The Balaban J connectivity index is 1.55. The first-order valence-electron chi connectivity index (χ1n) is 6.81. The number of hydrogen-bond donors (Lipinski definition) is 1. The fourth-order valence-corrected chi connectivity index (χ4v) is 3.37. The summed E-state index contributed by atoms with van der Waals surface area (Å²) in [7, 11) is 0. The molecule has 0 radical (unpaired) electrons. The molecule has 3 rings (SSSR count). The summed E-state index contributed by atoms with van der Waals surface area (Å²) in [6.07, 6.45) is 2.09. The number of nitrogens with one attached hydrogen (secondary N) is 1. The lowest BCUT2D eigenvalue weighted by molar-refractivity contribution is -0.133. The van der Waals surface area contributed by atoms with Gasteiger partial charge in [-0.2, -0.15) is 4.37 Å².